The van der Waals surface area contributed by atoms with Crippen LogP contribution in [-0.2, 0) is 0 Å². The topological polar surface area (TPSA) is 35.0 Å². The van der Waals surface area contributed by atoms with Gasteiger partial charge in [0.05, 0.1) is 19.0 Å². The van der Waals surface area contributed by atoms with E-state index < -0.39 is 5.82 Å². The zero-order valence-electron chi connectivity index (χ0n) is 9.58. The van der Waals surface area contributed by atoms with Crippen LogP contribution in [0.25, 0.3) is 10.9 Å². The zero-order chi connectivity index (χ0) is 12.4. The van der Waals surface area contributed by atoms with Crippen LogP contribution in [0.4, 0.5) is 4.39 Å². The fraction of sp³-hybridized carbons (Fsp3) is 0.385. The monoisotopic (exact) mass is 270 g/mol. The Labute approximate surface area is 111 Å². The third-order valence-electron chi connectivity index (χ3n) is 2.19. The van der Waals surface area contributed by atoms with Gasteiger partial charge < -0.3 is 4.74 Å². The number of rotatable bonds is 3. The average molecular weight is 271 g/mol. The minimum Gasteiger partial charge on any atom is -0.492 e. The molecule has 0 aliphatic heterocycles. The van der Waals surface area contributed by atoms with Crippen LogP contribution in [0.2, 0.25) is 5.15 Å². The van der Waals surface area contributed by atoms with E-state index in [9.17, 15) is 4.39 Å². The number of halogens is 2. The highest BCUT2D eigenvalue weighted by Gasteiger charge is 2.09. The lowest BCUT2D eigenvalue weighted by Gasteiger charge is -2.09. The largest absolute Gasteiger partial charge is 0.492 e. The summed E-state index contributed by atoms with van der Waals surface area (Å²) in [5, 5.41) is 0.517. The molecule has 0 saturated carbocycles. The van der Waals surface area contributed by atoms with Crippen molar-refractivity contribution in [2.45, 2.75) is 21.3 Å². The van der Waals surface area contributed by atoms with Crippen LogP contribution in [0, 0.1) is 11.7 Å². The molecule has 0 radical (unpaired) electrons. The van der Waals surface area contributed by atoms with Gasteiger partial charge in [-0.3, -0.25) is 0 Å². The van der Waals surface area contributed by atoms with E-state index in [1.165, 1.54) is 6.20 Å². The standard InChI is InChI=1S/C12H12ClFN2O.CH4/c1-7(2)6-17-8-3-9-10(14)5-16-12(13)11(9)15-4-8;/h3-5,7H,6H2,1-2H3;1H4. The van der Waals surface area contributed by atoms with Crippen LogP contribution in [0.5, 0.6) is 5.75 Å². The predicted octanol–water partition coefficient (Wildman–Crippen LogP) is 4.09. The molecule has 2 aromatic heterocycles. The molecule has 3 nitrogen and oxygen atoms in total. The Kier molecular flexibility index (Phi) is 4.84. The SMILES string of the molecule is C.CC(C)COc1cnc2c(Cl)ncc(F)c2c1. The molecule has 0 spiro atoms. The second-order valence-corrected chi connectivity index (χ2v) is 4.53. The van der Waals surface area contributed by atoms with Crippen molar-refractivity contribution in [2.24, 2.45) is 5.92 Å². The minimum absolute atomic E-state index is 0. The number of pyridine rings is 2. The average Bonchev–Trinajstić information content (AvgIpc) is 2.31. The molecule has 0 atom stereocenters. The maximum atomic E-state index is 13.5. The molecule has 0 saturated heterocycles. The molecule has 18 heavy (non-hydrogen) atoms. The summed E-state index contributed by atoms with van der Waals surface area (Å²) in [6.07, 6.45) is 2.61. The molecule has 5 heteroatoms. The number of fused-ring (bicyclic) bond motifs is 1. The molecule has 98 valence electrons. The molecule has 0 aromatic carbocycles. The van der Waals surface area contributed by atoms with Crippen LogP contribution >= 0.6 is 11.6 Å². The lowest BCUT2D eigenvalue weighted by atomic mass is 10.2. The molecular formula is C13H16ClFN2O. The van der Waals surface area contributed by atoms with Gasteiger partial charge in [0.15, 0.2) is 11.0 Å². The van der Waals surface area contributed by atoms with Crippen molar-refractivity contribution in [3.63, 3.8) is 0 Å². The normalized spacial score (nSPS) is 10.5. The first kappa shape index (κ1) is 14.6. The van der Waals surface area contributed by atoms with Gasteiger partial charge in [0.2, 0.25) is 0 Å². The summed E-state index contributed by atoms with van der Waals surface area (Å²) in [6, 6.07) is 1.59. The number of hydrogen-bond acceptors (Lipinski definition) is 3. The molecule has 2 aromatic rings. The van der Waals surface area contributed by atoms with Crippen LogP contribution < -0.4 is 4.74 Å². The molecule has 0 aliphatic rings. The Hall–Kier alpha value is -1.42. The quantitative estimate of drug-likeness (QED) is 0.788. The summed E-state index contributed by atoms with van der Waals surface area (Å²) in [5.74, 6) is 0.482. The highest BCUT2D eigenvalue weighted by Crippen LogP contribution is 2.25. The van der Waals surface area contributed by atoms with E-state index in [-0.39, 0.29) is 12.6 Å². The summed E-state index contributed by atoms with van der Waals surface area (Å²) < 4.78 is 19.0. The van der Waals surface area contributed by atoms with Gasteiger partial charge in [-0.2, -0.15) is 0 Å². The zero-order valence-corrected chi connectivity index (χ0v) is 10.3. The number of hydrogen-bond donors (Lipinski definition) is 0. The maximum absolute atomic E-state index is 13.5. The van der Waals surface area contributed by atoms with Crippen molar-refractivity contribution in [1.82, 2.24) is 9.97 Å². The van der Waals surface area contributed by atoms with Gasteiger partial charge in [-0.25, -0.2) is 14.4 Å². The summed E-state index contributed by atoms with van der Waals surface area (Å²) >= 11 is 5.83. The maximum Gasteiger partial charge on any atom is 0.155 e. The molecule has 0 aliphatic carbocycles. The minimum atomic E-state index is -0.452. The van der Waals surface area contributed by atoms with E-state index in [2.05, 4.69) is 9.97 Å². The van der Waals surface area contributed by atoms with E-state index in [0.717, 1.165) is 6.20 Å². The van der Waals surface area contributed by atoms with Gasteiger partial charge in [-0.1, -0.05) is 32.9 Å². The summed E-state index contributed by atoms with van der Waals surface area (Å²) in [6.45, 7) is 4.64. The van der Waals surface area contributed by atoms with Crippen molar-refractivity contribution < 1.29 is 9.13 Å². The number of ether oxygens (including phenoxy) is 1. The third kappa shape index (κ3) is 3.07. The molecule has 0 fully saturated rings. The van der Waals surface area contributed by atoms with Crippen LogP contribution in [0.15, 0.2) is 18.5 Å². The Morgan fingerprint density at radius 2 is 2.06 bits per heavy atom. The van der Waals surface area contributed by atoms with Crippen molar-refractivity contribution >= 4 is 22.5 Å². The van der Waals surface area contributed by atoms with Crippen molar-refractivity contribution in [1.29, 1.82) is 0 Å². The third-order valence-corrected chi connectivity index (χ3v) is 2.47. The van der Waals surface area contributed by atoms with Crippen LogP contribution in [0.1, 0.15) is 21.3 Å². The second-order valence-electron chi connectivity index (χ2n) is 4.17. The Balaban J connectivity index is 0.00000162. The van der Waals surface area contributed by atoms with Gasteiger partial charge in [-0.05, 0) is 12.0 Å². The van der Waals surface area contributed by atoms with Gasteiger partial charge in [0.25, 0.3) is 0 Å². The first-order valence-electron chi connectivity index (χ1n) is 5.30. The highest BCUT2D eigenvalue weighted by molar-refractivity contribution is 6.33. The Bertz CT molecular complexity index is 546. The van der Waals surface area contributed by atoms with Crippen molar-refractivity contribution in [3.8, 4) is 5.75 Å². The smallest absolute Gasteiger partial charge is 0.155 e. The van der Waals surface area contributed by atoms with Gasteiger partial charge in [0.1, 0.15) is 11.3 Å². The first-order valence-corrected chi connectivity index (χ1v) is 5.68. The molecule has 0 N–H and O–H groups in total. The van der Waals surface area contributed by atoms with Crippen molar-refractivity contribution in [2.75, 3.05) is 6.61 Å². The van der Waals surface area contributed by atoms with E-state index in [1.807, 2.05) is 13.8 Å². The van der Waals surface area contributed by atoms with Gasteiger partial charge in [-0.15, -0.1) is 0 Å². The van der Waals surface area contributed by atoms with Gasteiger partial charge >= 0.3 is 0 Å². The molecule has 0 unspecified atom stereocenters. The van der Waals surface area contributed by atoms with E-state index in [1.54, 1.807) is 6.07 Å². The Morgan fingerprint density at radius 1 is 1.33 bits per heavy atom. The van der Waals surface area contributed by atoms with E-state index >= 15 is 0 Å². The van der Waals surface area contributed by atoms with Gasteiger partial charge in [0, 0.05) is 5.39 Å². The summed E-state index contributed by atoms with van der Waals surface area (Å²) in [5.41, 5.74) is 0.351. The van der Waals surface area contributed by atoms with E-state index in [4.69, 9.17) is 16.3 Å². The highest BCUT2D eigenvalue weighted by atomic mass is 35.5. The fourth-order valence-electron chi connectivity index (χ4n) is 1.38. The molecule has 2 heterocycles. The van der Waals surface area contributed by atoms with E-state index in [0.29, 0.717) is 29.2 Å². The van der Waals surface area contributed by atoms with Crippen LogP contribution in [-0.4, -0.2) is 16.6 Å². The Morgan fingerprint density at radius 3 is 2.72 bits per heavy atom. The lowest BCUT2D eigenvalue weighted by molar-refractivity contribution is 0.270. The molecule has 2 rings (SSSR count). The van der Waals surface area contributed by atoms with Crippen molar-refractivity contribution in [3.05, 3.63) is 29.4 Å². The second kappa shape index (κ2) is 5.96. The predicted molar refractivity (Wildman–Crippen MR) is 71.6 cm³/mol. The molecular weight excluding hydrogens is 255 g/mol. The number of aromatic nitrogens is 2. The van der Waals surface area contributed by atoms with Crippen LogP contribution in [0.3, 0.4) is 0 Å². The lowest BCUT2D eigenvalue weighted by Crippen LogP contribution is -2.04. The molecule has 0 amide bonds. The summed E-state index contributed by atoms with van der Waals surface area (Å²) in [7, 11) is 0. The molecule has 0 bridgehead atoms. The number of nitrogens with zero attached hydrogens (tertiary/aromatic N) is 2. The summed E-state index contributed by atoms with van der Waals surface area (Å²) in [4.78, 5) is 7.76. The first-order chi connectivity index (χ1) is 8.08. The fourth-order valence-corrected chi connectivity index (χ4v) is 1.58.